The molecule has 0 aliphatic heterocycles. The molecule has 3 atom stereocenters. The van der Waals surface area contributed by atoms with Crippen LogP contribution in [0.2, 0.25) is 0 Å². The summed E-state index contributed by atoms with van der Waals surface area (Å²) < 4.78 is 0. The predicted molar refractivity (Wildman–Crippen MR) is 68.8 cm³/mol. The Bertz CT molecular complexity index is 400. The summed E-state index contributed by atoms with van der Waals surface area (Å²) in [5.41, 5.74) is 2.61. The minimum absolute atomic E-state index is 0.150. The molecule has 2 N–H and O–H groups in total. The van der Waals surface area contributed by atoms with Gasteiger partial charge in [0.25, 0.3) is 0 Å². The van der Waals surface area contributed by atoms with Gasteiger partial charge in [0.1, 0.15) is 0 Å². The normalized spacial score (nSPS) is 29.1. The molecule has 0 spiro atoms. The summed E-state index contributed by atoms with van der Waals surface area (Å²) in [6.07, 6.45) is 4.43. The fourth-order valence-electron chi connectivity index (χ4n) is 3.09. The van der Waals surface area contributed by atoms with Crippen LogP contribution in [0.5, 0.6) is 0 Å². The van der Waals surface area contributed by atoms with Crippen LogP contribution in [0.3, 0.4) is 0 Å². The van der Waals surface area contributed by atoms with Gasteiger partial charge in [-0.1, -0.05) is 31.2 Å². The summed E-state index contributed by atoms with van der Waals surface area (Å²) in [6.45, 7) is 2.24. The molecule has 0 radical (unpaired) electrons. The lowest BCUT2D eigenvalue weighted by Crippen LogP contribution is -2.38. The molecule has 3 rings (SSSR count). The Kier molecular flexibility index (Phi) is 2.93. The first-order valence-electron chi connectivity index (χ1n) is 6.81. The van der Waals surface area contributed by atoms with Gasteiger partial charge < -0.3 is 10.4 Å². The van der Waals surface area contributed by atoms with Crippen LogP contribution in [0, 0.1) is 5.92 Å². The zero-order valence-electron chi connectivity index (χ0n) is 10.4. The van der Waals surface area contributed by atoms with Crippen LogP contribution in [-0.2, 0) is 6.42 Å². The SMILES string of the molecule is CCC(NC1c2ccccc2CC1O)C1CC1. The predicted octanol–water partition coefficient (Wildman–Crippen LogP) is 2.42. The van der Waals surface area contributed by atoms with Gasteiger partial charge in [-0.3, -0.25) is 0 Å². The van der Waals surface area contributed by atoms with E-state index in [1.807, 2.05) is 0 Å². The minimum atomic E-state index is -0.250. The van der Waals surface area contributed by atoms with Crippen LogP contribution >= 0.6 is 0 Å². The van der Waals surface area contributed by atoms with Crippen molar-refractivity contribution in [3.8, 4) is 0 Å². The van der Waals surface area contributed by atoms with Crippen molar-refractivity contribution in [2.24, 2.45) is 5.92 Å². The maximum Gasteiger partial charge on any atom is 0.0775 e. The molecule has 1 saturated carbocycles. The highest BCUT2D eigenvalue weighted by molar-refractivity contribution is 5.36. The van der Waals surface area contributed by atoms with Crippen LogP contribution in [0.25, 0.3) is 0 Å². The van der Waals surface area contributed by atoms with Crippen molar-refractivity contribution in [2.45, 2.75) is 50.8 Å². The highest BCUT2D eigenvalue weighted by Crippen LogP contribution is 2.37. The van der Waals surface area contributed by atoms with Crippen molar-refractivity contribution < 1.29 is 5.11 Å². The lowest BCUT2D eigenvalue weighted by molar-refractivity contribution is 0.132. The van der Waals surface area contributed by atoms with E-state index in [4.69, 9.17) is 0 Å². The second kappa shape index (κ2) is 4.43. The van der Waals surface area contributed by atoms with E-state index in [2.05, 4.69) is 36.5 Å². The maximum atomic E-state index is 10.2. The van der Waals surface area contributed by atoms with Crippen LogP contribution in [0.15, 0.2) is 24.3 Å². The van der Waals surface area contributed by atoms with E-state index in [1.54, 1.807) is 0 Å². The molecule has 0 amide bonds. The summed E-state index contributed by atoms with van der Waals surface area (Å²) >= 11 is 0. The number of aliphatic hydroxyl groups is 1. The van der Waals surface area contributed by atoms with Gasteiger partial charge in [0.2, 0.25) is 0 Å². The molecule has 1 aromatic carbocycles. The number of rotatable bonds is 4. The third-order valence-corrected chi connectivity index (χ3v) is 4.23. The molecule has 1 fully saturated rings. The largest absolute Gasteiger partial charge is 0.391 e. The average molecular weight is 231 g/mol. The van der Waals surface area contributed by atoms with Gasteiger partial charge in [0.05, 0.1) is 12.1 Å². The molecule has 2 nitrogen and oxygen atoms in total. The number of hydrogen-bond donors (Lipinski definition) is 2. The van der Waals surface area contributed by atoms with E-state index in [1.165, 1.54) is 24.0 Å². The Morgan fingerprint density at radius 3 is 2.82 bits per heavy atom. The third-order valence-electron chi connectivity index (χ3n) is 4.23. The summed E-state index contributed by atoms with van der Waals surface area (Å²) in [6, 6.07) is 9.16. The van der Waals surface area contributed by atoms with E-state index in [-0.39, 0.29) is 12.1 Å². The van der Waals surface area contributed by atoms with E-state index in [0.29, 0.717) is 6.04 Å². The number of nitrogens with one attached hydrogen (secondary N) is 1. The molecule has 92 valence electrons. The fourth-order valence-corrected chi connectivity index (χ4v) is 3.09. The van der Waals surface area contributed by atoms with Gasteiger partial charge in [-0.25, -0.2) is 0 Å². The van der Waals surface area contributed by atoms with Gasteiger partial charge in [-0.05, 0) is 36.3 Å². The summed E-state index contributed by atoms with van der Waals surface area (Å²) in [5, 5.41) is 13.9. The van der Waals surface area contributed by atoms with Crippen LogP contribution in [0.4, 0.5) is 0 Å². The molecular formula is C15H21NO. The molecule has 0 heterocycles. The first-order valence-corrected chi connectivity index (χ1v) is 6.81. The number of hydrogen-bond acceptors (Lipinski definition) is 2. The van der Waals surface area contributed by atoms with Crippen molar-refractivity contribution in [1.82, 2.24) is 5.32 Å². The Hall–Kier alpha value is -0.860. The molecule has 2 heteroatoms. The van der Waals surface area contributed by atoms with Crippen LogP contribution < -0.4 is 5.32 Å². The smallest absolute Gasteiger partial charge is 0.0775 e. The molecule has 0 bridgehead atoms. The zero-order valence-corrected chi connectivity index (χ0v) is 10.4. The molecule has 0 aromatic heterocycles. The molecule has 17 heavy (non-hydrogen) atoms. The van der Waals surface area contributed by atoms with Crippen LogP contribution in [-0.4, -0.2) is 17.3 Å². The van der Waals surface area contributed by atoms with Gasteiger partial charge in [0, 0.05) is 12.5 Å². The third kappa shape index (κ3) is 2.12. The Morgan fingerprint density at radius 1 is 1.35 bits per heavy atom. The molecule has 3 unspecified atom stereocenters. The second-order valence-corrected chi connectivity index (χ2v) is 5.47. The monoisotopic (exact) mass is 231 g/mol. The lowest BCUT2D eigenvalue weighted by atomic mass is 10.0. The Balaban J connectivity index is 1.78. The van der Waals surface area contributed by atoms with Gasteiger partial charge in [0.15, 0.2) is 0 Å². The Morgan fingerprint density at radius 2 is 2.12 bits per heavy atom. The highest BCUT2D eigenvalue weighted by Gasteiger charge is 2.36. The number of benzene rings is 1. The summed E-state index contributed by atoms with van der Waals surface area (Å²) in [7, 11) is 0. The molecule has 2 aliphatic rings. The average Bonchev–Trinajstić information content (AvgIpc) is 3.12. The van der Waals surface area contributed by atoms with Crippen molar-refractivity contribution in [3.05, 3.63) is 35.4 Å². The van der Waals surface area contributed by atoms with Gasteiger partial charge in [-0.15, -0.1) is 0 Å². The fraction of sp³-hybridized carbons (Fsp3) is 0.600. The summed E-state index contributed by atoms with van der Waals surface area (Å²) in [5.74, 6) is 0.847. The van der Waals surface area contributed by atoms with Crippen molar-refractivity contribution >= 4 is 0 Å². The lowest BCUT2D eigenvalue weighted by Gasteiger charge is -2.25. The van der Waals surface area contributed by atoms with E-state index in [0.717, 1.165) is 18.8 Å². The summed E-state index contributed by atoms with van der Waals surface area (Å²) in [4.78, 5) is 0. The van der Waals surface area contributed by atoms with E-state index in [9.17, 15) is 5.11 Å². The zero-order chi connectivity index (χ0) is 11.8. The molecular weight excluding hydrogens is 210 g/mol. The van der Waals surface area contributed by atoms with Crippen molar-refractivity contribution in [3.63, 3.8) is 0 Å². The van der Waals surface area contributed by atoms with Gasteiger partial charge >= 0.3 is 0 Å². The van der Waals surface area contributed by atoms with Gasteiger partial charge in [-0.2, -0.15) is 0 Å². The van der Waals surface area contributed by atoms with Crippen molar-refractivity contribution in [1.29, 1.82) is 0 Å². The molecule has 0 saturated heterocycles. The van der Waals surface area contributed by atoms with Crippen molar-refractivity contribution in [2.75, 3.05) is 0 Å². The standard InChI is InChI=1S/C15H21NO/c1-2-13(10-7-8-10)16-15-12-6-4-3-5-11(12)9-14(15)17/h3-6,10,13-17H,2,7-9H2,1H3. The maximum absolute atomic E-state index is 10.2. The number of aliphatic hydroxyl groups excluding tert-OH is 1. The highest BCUT2D eigenvalue weighted by atomic mass is 16.3. The first kappa shape index (κ1) is 11.2. The number of fused-ring (bicyclic) bond motifs is 1. The molecule has 1 aromatic rings. The second-order valence-electron chi connectivity index (χ2n) is 5.47. The topological polar surface area (TPSA) is 32.3 Å². The Labute approximate surface area is 103 Å². The minimum Gasteiger partial charge on any atom is -0.391 e. The first-order chi connectivity index (χ1) is 8.29. The van der Waals surface area contributed by atoms with E-state index < -0.39 is 0 Å². The quantitative estimate of drug-likeness (QED) is 0.834. The van der Waals surface area contributed by atoms with Crippen LogP contribution in [0.1, 0.15) is 43.4 Å². The van der Waals surface area contributed by atoms with E-state index >= 15 is 0 Å². The molecule has 2 aliphatic carbocycles.